The van der Waals surface area contributed by atoms with Gasteiger partial charge in [0.15, 0.2) is 0 Å². The molecule has 1 N–H and O–H groups in total. The minimum atomic E-state index is -0.672. The SMILES string of the molecule is CC(C)(C)OC(=O)N1CCN(CCC2C(C(=O)O)C2(C)C)CC1. The Balaban J connectivity index is 1.72. The lowest BCUT2D eigenvalue weighted by Gasteiger charge is -2.35. The third-order valence-corrected chi connectivity index (χ3v) is 5.10. The molecule has 2 unspecified atom stereocenters. The van der Waals surface area contributed by atoms with E-state index in [0.29, 0.717) is 13.1 Å². The summed E-state index contributed by atoms with van der Waals surface area (Å²) in [5, 5.41) is 9.21. The van der Waals surface area contributed by atoms with Crippen LogP contribution in [0.15, 0.2) is 0 Å². The van der Waals surface area contributed by atoms with E-state index < -0.39 is 11.6 Å². The smallest absolute Gasteiger partial charge is 0.410 e. The largest absolute Gasteiger partial charge is 0.481 e. The molecule has 0 aromatic rings. The highest BCUT2D eigenvalue weighted by molar-refractivity contribution is 5.75. The van der Waals surface area contributed by atoms with E-state index >= 15 is 0 Å². The van der Waals surface area contributed by atoms with Crippen molar-refractivity contribution < 1.29 is 19.4 Å². The maximum absolute atomic E-state index is 12.0. The molecule has 1 aliphatic heterocycles. The zero-order valence-corrected chi connectivity index (χ0v) is 15.0. The number of aliphatic carboxylic acids is 1. The average molecular weight is 326 g/mol. The molecule has 0 aromatic heterocycles. The number of nitrogens with zero attached hydrogens (tertiary/aromatic N) is 2. The molecule has 1 amide bonds. The third kappa shape index (κ3) is 4.37. The molecular formula is C17H30N2O4. The van der Waals surface area contributed by atoms with Crippen LogP contribution in [0.5, 0.6) is 0 Å². The summed E-state index contributed by atoms with van der Waals surface area (Å²) in [6.07, 6.45) is 0.669. The number of piperazine rings is 1. The van der Waals surface area contributed by atoms with Gasteiger partial charge in [-0.2, -0.15) is 0 Å². The zero-order chi connectivity index (χ0) is 17.4. The van der Waals surface area contributed by atoms with Crippen LogP contribution in [0.3, 0.4) is 0 Å². The van der Waals surface area contributed by atoms with Gasteiger partial charge in [0.05, 0.1) is 5.92 Å². The summed E-state index contributed by atoms with van der Waals surface area (Å²) in [4.78, 5) is 27.3. The van der Waals surface area contributed by atoms with E-state index in [2.05, 4.69) is 4.90 Å². The van der Waals surface area contributed by atoms with E-state index in [0.717, 1.165) is 26.1 Å². The first-order valence-corrected chi connectivity index (χ1v) is 8.45. The first-order valence-electron chi connectivity index (χ1n) is 8.45. The highest BCUT2D eigenvalue weighted by atomic mass is 16.6. The van der Waals surface area contributed by atoms with Gasteiger partial charge in [-0.1, -0.05) is 13.8 Å². The number of carboxylic acids is 1. The van der Waals surface area contributed by atoms with Gasteiger partial charge in [0.1, 0.15) is 5.60 Å². The zero-order valence-electron chi connectivity index (χ0n) is 15.0. The second-order valence-corrected chi connectivity index (χ2v) is 8.34. The first-order chi connectivity index (χ1) is 10.5. The standard InChI is InChI=1S/C17H30N2O4/c1-16(2,3)23-15(22)19-10-8-18(9-11-19)7-6-12-13(14(20)21)17(12,4)5/h12-13H,6-11H2,1-5H3,(H,20,21). The molecule has 2 aliphatic rings. The third-order valence-electron chi connectivity index (χ3n) is 5.10. The average Bonchev–Trinajstić information content (AvgIpc) is 2.97. The molecule has 0 spiro atoms. The van der Waals surface area contributed by atoms with Gasteiger partial charge >= 0.3 is 12.1 Å². The summed E-state index contributed by atoms with van der Waals surface area (Å²) in [7, 11) is 0. The molecule has 0 aromatic carbocycles. The van der Waals surface area contributed by atoms with Crippen LogP contribution in [0.4, 0.5) is 4.79 Å². The van der Waals surface area contributed by atoms with Crippen LogP contribution >= 0.6 is 0 Å². The van der Waals surface area contributed by atoms with Gasteiger partial charge in [0.2, 0.25) is 0 Å². The van der Waals surface area contributed by atoms with E-state index in [1.807, 2.05) is 34.6 Å². The van der Waals surface area contributed by atoms with Crippen molar-refractivity contribution in [3.05, 3.63) is 0 Å². The Bertz CT molecular complexity index is 462. The normalized spacial score (nSPS) is 27.6. The Hall–Kier alpha value is -1.30. The molecule has 2 rings (SSSR count). The Morgan fingerprint density at radius 3 is 2.17 bits per heavy atom. The Morgan fingerprint density at radius 1 is 1.17 bits per heavy atom. The monoisotopic (exact) mass is 326 g/mol. The minimum Gasteiger partial charge on any atom is -0.481 e. The van der Waals surface area contributed by atoms with E-state index in [-0.39, 0.29) is 23.3 Å². The fourth-order valence-corrected chi connectivity index (χ4v) is 3.58. The molecule has 1 saturated carbocycles. The van der Waals surface area contributed by atoms with Gasteiger partial charge in [-0.05, 0) is 45.1 Å². The van der Waals surface area contributed by atoms with Crippen LogP contribution in [0.2, 0.25) is 0 Å². The summed E-state index contributed by atoms with van der Waals surface area (Å²) in [5.74, 6) is -0.607. The molecule has 6 nitrogen and oxygen atoms in total. The highest BCUT2D eigenvalue weighted by Gasteiger charge is 2.61. The number of ether oxygens (including phenoxy) is 1. The van der Waals surface area contributed by atoms with Crippen LogP contribution in [-0.4, -0.2) is 65.3 Å². The van der Waals surface area contributed by atoms with Crippen molar-refractivity contribution in [2.45, 2.75) is 46.6 Å². The minimum absolute atomic E-state index is 0.0792. The molecule has 1 heterocycles. The van der Waals surface area contributed by atoms with Gasteiger partial charge in [-0.3, -0.25) is 9.69 Å². The molecule has 2 fully saturated rings. The molecule has 6 heteroatoms. The number of rotatable bonds is 4. The molecule has 1 saturated heterocycles. The number of carbonyl (C=O) groups is 2. The number of amides is 1. The summed E-state index contributed by atoms with van der Waals surface area (Å²) < 4.78 is 5.39. The van der Waals surface area contributed by atoms with Crippen molar-refractivity contribution in [1.29, 1.82) is 0 Å². The summed E-state index contributed by atoms with van der Waals surface area (Å²) in [5.41, 5.74) is -0.540. The second-order valence-electron chi connectivity index (χ2n) is 8.34. The summed E-state index contributed by atoms with van der Waals surface area (Å²) in [6.45, 7) is 13.6. The van der Waals surface area contributed by atoms with Gasteiger partial charge in [-0.15, -0.1) is 0 Å². The van der Waals surface area contributed by atoms with Crippen molar-refractivity contribution in [3.8, 4) is 0 Å². The lowest BCUT2D eigenvalue weighted by Crippen LogP contribution is -2.50. The molecule has 2 atom stereocenters. The highest BCUT2D eigenvalue weighted by Crippen LogP contribution is 2.59. The van der Waals surface area contributed by atoms with Gasteiger partial charge in [0.25, 0.3) is 0 Å². The molecule has 23 heavy (non-hydrogen) atoms. The summed E-state index contributed by atoms with van der Waals surface area (Å²) >= 11 is 0. The Morgan fingerprint density at radius 2 is 1.74 bits per heavy atom. The van der Waals surface area contributed by atoms with Gasteiger partial charge in [0, 0.05) is 26.2 Å². The van der Waals surface area contributed by atoms with Crippen LogP contribution in [0.1, 0.15) is 41.0 Å². The molecule has 0 radical (unpaired) electrons. The van der Waals surface area contributed by atoms with E-state index in [1.54, 1.807) is 4.90 Å². The fourth-order valence-electron chi connectivity index (χ4n) is 3.58. The predicted molar refractivity (Wildman–Crippen MR) is 87.3 cm³/mol. The van der Waals surface area contributed by atoms with E-state index in [1.165, 1.54) is 0 Å². The number of hydrogen-bond acceptors (Lipinski definition) is 4. The molecule has 0 bridgehead atoms. The fraction of sp³-hybridized carbons (Fsp3) is 0.882. The molecular weight excluding hydrogens is 296 g/mol. The maximum atomic E-state index is 12.0. The van der Waals surface area contributed by atoms with E-state index in [9.17, 15) is 14.7 Å². The van der Waals surface area contributed by atoms with Gasteiger partial charge in [-0.25, -0.2) is 4.79 Å². The predicted octanol–water partition coefficient (Wildman–Crippen LogP) is 2.29. The topological polar surface area (TPSA) is 70.1 Å². The quantitative estimate of drug-likeness (QED) is 0.858. The summed E-state index contributed by atoms with van der Waals surface area (Å²) in [6, 6.07) is 0. The number of carbonyl (C=O) groups excluding carboxylic acids is 1. The molecule has 1 aliphatic carbocycles. The Kier molecular flexibility index (Phi) is 4.95. The van der Waals surface area contributed by atoms with Crippen molar-refractivity contribution in [3.63, 3.8) is 0 Å². The van der Waals surface area contributed by atoms with Crippen molar-refractivity contribution in [1.82, 2.24) is 9.80 Å². The van der Waals surface area contributed by atoms with Crippen LogP contribution in [0, 0.1) is 17.3 Å². The van der Waals surface area contributed by atoms with Crippen molar-refractivity contribution >= 4 is 12.1 Å². The number of carboxylic acid groups (broad SMARTS) is 1. The maximum Gasteiger partial charge on any atom is 0.410 e. The van der Waals surface area contributed by atoms with Gasteiger partial charge < -0.3 is 14.7 Å². The lowest BCUT2D eigenvalue weighted by atomic mass is 10.1. The van der Waals surface area contributed by atoms with Crippen LogP contribution < -0.4 is 0 Å². The Labute approximate surface area is 138 Å². The lowest BCUT2D eigenvalue weighted by molar-refractivity contribution is -0.139. The van der Waals surface area contributed by atoms with Crippen LogP contribution in [-0.2, 0) is 9.53 Å². The van der Waals surface area contributed by atoms with Crippen molar-refractivity contribution in [2.24, 2.45) is 17.3 Å². The van der Waals surface area contributed by atoms with E-state index in [4.69, 9.17) is 4.74 Å². The van der Waals surface area contributed by atoms with Crippen LogP contribution in [0.25, 0.3) is 0 Å². The van der Waals surface area contributed by atoms with Crippen molar-refractivity contribution in [2.75, 3.05) is 32.7 Å². The first kappa shape index (κ1) is 18.0. The molecule has 132 valence electrons. The second kappa shape index (κ2) is 6.30. The number of hydrogen-bond donors (Lipinski definition) is 1.